The average Bonchev–Trinajstić information content (AvgIpc) is 3.00. The number of pyridine rings is 2. The Morgan fingerprint density at radius 2 is 1.77 bits per heavy atom. The van der Waals surface area contributed by atoms with Gasteiger partial charge in [0.1, 0.15) is 5.75 Å². The quantitative estimate of drug-likeness (QED) is 0.321. The molecule has 0 bridgehead atoms. The molecule has 0 unspecified atom stereocenters. The standard InChI is InChI=1S/C28H26N4O7S/c1-37-26-16-20(40(35,36)32-12-14-38-15-13-32)6-7-24(26)31-27(33)18-39-28(34)22-17-25(19-8-10-29-11-9-19)30-23-5-3-2-4-21(22)23/h2-11,16-17H,12-15,18H2,1H3,(H,31,33). The zero-order valence-corrected chi connectivity index (χ0v) is 22.4. The minimum atomic E-state index is -3.75. The number of carbonyl (C=O) groups excluding carboxylic acids is 2. The Morgan fingerprint density at radius 1 is 1.02 bits per heavy atom. The first kappa shape index (κ1) is 27.2. The molecule has 1 N–H and O–H groups in total. The molecule has 0 radical (unpaired) electrons. The molecule has 1 fully saturated rings. The van der Waals surface area contributed by atoms with Crippen LogP contribution in [0.3, 0.4) is 0 Å². The molecule has 206 valence electrons. The van der Waals surface area contributed by atoms with Gasteiger partial charge in [-0.15, -0.1) is 0 Å². The number of sulfonamides is 1. The van der Waals surface area contributed by atoms with Gasteiger partial charge in [-0.3, -0.25) is 9.78 Å². The molecule has 4 aromatic rings. The zero-order valence-electron chi connectivity index (χ0n) is 21.6. The lowest BCUT2D eigenvalue weighted by molar-refractivity contribution is -0.119. The number of morpholine rings is 1. The molecular weight excluding hydrogens is 536 g/mol. The molecule has 5 rings (SSSR count). The molecule has 0 aliphatic carbocycles. The SMILES string of the molecule is COc1cc(S(=O)(=O)N2CCOCC2)ccc1NC(=O)COC(=O)c1cc(-c2ccncc2)nc2ccccc12. The third kappa shape index (κ3) is 5.78. The van der Waals surface area contributed by atoms with E-state index in [1.165, 1.54) is 29.6 Å². The summed E-state index contributed by atoms with van der Waals surface area (Å²) in [6.07, 6.45) is 3.26. The van der Waals surface area contributed by atoms with Gasteiger partial charge in [0.15, 0.2) is 6.61 Å². The van der Waals surface area contributed by atoms with Crippen molar-refractivity contribution in [3.63, 3.8) is 0 Å². The lowest BCUT2D eigenvalue weighted by Gasteiger charge is -2.26. The number of nitrogens with one attached hydrogen (secondary N) is 1. The number of para-hydroxylation sites is 1. The summed E-state index contributed by atoms with van der Waals surface area (Å²) in [6, 6.07) is 16.5. The van der Waals surface area contributed by atoms with Crippen LogP contribution in [0.5, 0.6) is 5.75 Å². The molecule has 11 nitrogen and oxygen atoms in total. The summed E-state index contributed by atoms with van der Waals surface area (Å²) in [4.78, 5) is 34.5. The molecule has 12 heteroatoms. The van der Waals surface area contributed by atoms with Gasteiger partial charge < -0.3 is 19.5 Å². The van der Waals surface area contributed by atoms with E-state index in [0.717, 1.165) is 5.56 Å². The van der Waals surface area contributed by atoms with E-state index in [1.807, 2.05) is 6.07 Å². The van der Waals surface area contributed by atoms with Gasteiger partial charge in [0.25, 0.3) is 5.91 Å². The second kappa shape index (κ2) is 11.8. The second-order valence-electron chi connectivity index (χ2n) is 8.81. The summed E-state index contributed by atoms with van der Waals surface area (Å²) in [6.45, 7) is 0.584. The van der Waals surface area contributed by atoms with Crippen molar-refractivity contribution < 1.29 is 32.2 Å². The highest BCUT2D eigenvalue weighted by molar-refractivity contribution is 7.89. The summed E-state index contributed by atoms with van der Waals surface area (Å²) in [7, 11) is -2.38. The second-order valence-corrected chi connectivity index (χ2v) is 10.7. The maximum atomic E-state index is 13.1. The number of aromatic nitrogens is 2. The van der Waals surface area contributed by atoms with Gasteiger partial charge >= 0.3 is 5.97 Å². The molecule has 2 aromatic heterocycles. The largest absolute Gasteiger partial charge is 0.495 e. The maximum Gasteiger partial charge on any atom is 0.339 e. The first-order chi connectivity index (χ1) is 19.4. The van der Waals surface area contributed by atoms with Gasteiger partial charge in [0, 0.05) is 42.5 Å². The molecule has 0 saturated carbocycles. The van der Waals surface area contributed by atoms with E-state index in [2.05, 4.69) is 15.3 Å². The molecule has 3 heterocycles. The maximum absolute atomic E-state index is 13.1. The van der Waals surface area contributed by atoms with Crippen LogP contribution in [-0.2, 0) is 24.3 Å². The van der Waals surface area contributed by atoms with E-state index in [0.29, 0.717) is 29.8 Å². The highest BCUT2D eigenvalue weighted by Gasteiger charge is 2.27. The van der Waals surface area contributed by atoms with Crippen LogP contribution in [0.1, 0.15) is 10.4 Å². The van der Waals surface area contributed by atoms with Gasteiger partial charge in [-0.1, -0.05) is 18.2 Å². The van der Waals surface area contributed by atoms with E-state index in [4.69, 9.17) is 14.2 Å². The highest BCUT2D eigenvalue weighted by Crippen LogP contribution is 2.30. The smallest absolute Gasteiger partial charge is 0.339 e. The number of methoxy groups -OCH3 is 1. The minimum absolute atomic E-state index is 0.0326. The third-order valence-corrected chi connectivity index (χ3v) is 8.20. The topological polar surface area (TPSA) is 137 Å². The van der Waals surface area contributed by atoms with E-state index in [-0.39, 0.29) is 35.0 Å². The first-order valence-corrected chi connectivity index (χ1v) is 13.8. The number of benzene rings is 2. The number of nitrogens with zero attached hydrogens (tertiary/aromatic N) is 3. The fourth-order valence-electron chi connectivity index (χ4n) is 4.28. The van der Waals surface area contributed by atoms with Crippen LogP contribution >= 0.6 is 0 Å². The summed E-state index contributed by atoms with van der Waals surface area (Å²) in [5.41, 5.74) is 2.44. The van der Waals surface area contributed by atoms with Crippen molar-refractivity contribution in [2.45, 2.75) is 4.90 Å². The lowest BCUT2D eigenvalue weighted by Crippen LogP contribution is -2.40. The van der Waals surface area contributed by atoms with Crippen LogP contribution in [0, 0.1) is 0 Å². The molecule has 1 aliphatic rings. The Labute approximate surface area is 230 Å². The number of amides is 1. The number of rotatable bonds is 8. The summed E-state index contributed by atoms with van der Waals surface area (Å²) in [5, 5.41) is 3.20. The fraction of sp³-hybridized carbons (Fsp3) is 0.214. The molecule has 1 aliphatic heterocycles. The minimum Gasteiger partial charge on any atom is -0.495 e. The number of ether oxygens (including phenoxy) is 3. The lowest BCUT2D eigenvalue weighted by atomic mass is 10.0. The number of carbonyl (C=O) groups is 2. The highest BCUT2D eigenvalue weighted by atomic mass is 32.2. The first-order valence-electron chi connectivity index (χ1n) is 12.4. The molecule has 1 amide bonds. The van der Waals surface area contributed by atoms with E-state index in [9.17, 15) is 18.0 Å². The Balaban J connectivity index is 1.30. The summed E-state index contributed by atoms with van der Waals surface area (Å²) < 4.78 is 43.2. The van der Waals surface area contributed by atoms with Gasteiger partial charge in [-0.2, -0.15) is 4.31 Å². The van der Waals surface area contributed by atoms with Crippen molar-refractivity contribution >= 4 is 38.5 Å². The van der Waals surface area contributed by atoms with Crippen molar-refractivity contribution in [2.24, 2.45) is 0 Å². The Morgan fingerprint density at radius 3 is 2.52 bits per heavy atom. The Bertz CT molecular complexity index is 1660. The van der Waals surface area contributed by atoms with Crippen LogP contribution in [0.25, 0.3) is 22.2 Å². The number of esters is 1. The van der Waals surface area contributed by atoms with E-state index in [1.54, 1.807) is 48.8 Å². The summed E-state index contributed by atoms with van der Waals surface area (Å²) in [5.74, 6) is -1.16. The third-order valence-electron chi connectivity index (χ3n) is 6.30. The number of anilines is 1. The number of hydrogen-bond donors (Lipinski definition) is 1. The van der Waals surface area contributed by atoms with E-state index < -0.39 is 28.5 Å². The molecule has 0 atom stereocenters. The van der Waals surface area contributed by atoms with Crippen molar-refractivity contribution in [2.75, 3.05) is 45.3 Å². The predicted molar refractivity (Wildman–Crippen MR) is 146 cm³/mol. The normalized spacial score (nSPS) is 14.0. The van der Waals surface area contributed by atoms with Gasteiger partial charge in [0.2, 0.25) is 10.0 Å². The zero-order chi connectivity index (χ0) is 28.1. The van der Waals surface area contributed by atoms with Gasteiger partial charge in [-0.25, -0.2) is 18.2 Å². The van der Waals surface area contributed by atoms with Gasteiger partial charge in [-0.05, 0) is 36.4 Å². The Hall–Kier alpha value is -4.39. The molecular formula is C28H26N4O7S. The number of hydrogen-bond acceptors (Lipinski definition) is 9. The van der Waals surface area contributed by atoms with Crippen LogP contribution in [0.2, 0.25) is 0 Å². The number of fused-ring (bicyclic) bond motifs is 1. The van der Waals surface area contributed by atoms with Crippen molar-refractivity contribution in [1.29, 1.82) is 0 Å². The Kier molecular flexibility index (Phi) is 8.01. The van der Waals surface area contributed by atoms with Crippen molar-refractivity contribution in [3.05, 3.63) is 78.6 Å². The molecule has 0 spiro atoms. The molecule has 40 heavy (non-hydrogen) atoms. The van der Waals surface area contributed by atoms with Crippen molar-refractivity contribution in [1.82, 2.24) is 14.3 Å². The molecule has 1 saturated heterocycles. The van der Waals surface area contributed by atoms with Crippen LogP contribution in [-0.4, -0.2) is 74.6 Å². The summed E-state index contributed by atoms with van der Waals surface area (Å²) >= 11 is 0. The predicted octanol–water partition coefficient (Wildman–Crippen LogP) is 3.12. The van der Waals surface area contributed by atoms with Crippen molar-refractivity contribution in [3.8, 4) is 17.0 Å². The monoisotopic (exact) mass is 562 g/mol. The van der Waals surface area contributed by atoms with Crippen LogP contribution < -0.4 is 10.1 Å². The fourth-order valence-corrected chi connectivity index (χ4v) is 5.71. The van der Waals surface area contributed by atoms with E-state index >= 15 is 0 Å². The van der Waals surface area contributed by atoms with Crippen LogP contribution in [0.4, 0.5) is 5.69 Å². The average molecular weight is 563 g/mol. The van der Waals surface area contributed by atoms with Gasteiger partial charge in [0.05, 0.1) is 47.7 Å². The van der Waals surface area contributed by atoms with Crippen LogP contribution in [0.15, 0.2) is 78.0 Å². The molecule has 2 aromatic carbocycles.